The molecule has 0 unspecified atom stereocenters. The molecule has 1 aliphatic rings. The van der Waals surface area contributed by atoms with Gasteiger partial charge in [0.05, 0.1) is 20.3 Å². The number of rotatable bonds is 5. The molecular formula is C21H28N2O8. The van der Waals surface area contributed by atoms with Gasteiger partial charge in [-0.2, -0.15) is 5.01 Å². The molecule has 170 valence electrons. The van der Waals surface area contributed by atoms with Gasteiger partial charge in [0.1, 0.15) is 11.4 Å². The number of nitrogens with zero attached hydrogens (tertiary/aromatic N) is 1. The second-order valence-corrected chi connectivity index (χ2v) is 7.76. The van der Waals surface area contributed by atoms with Gasteiger partial charge in [-0.25, -0.2) is 19.8 Å². The van der Waals surface area contributed by atoms with Gasteiger partial charge in [-0.3, -0.25) is 4.79 Å². The highest BCUT2D eigenvalue weighted by molar-refractivity contribution is 6.21. The van der Waals surface area contributed by atoms with E-state index in [1.807, 2.05) is 0 Å². The Kier molecular flexibility index (Phi) is 7.14. The minimum absolute atomic E-state index is 0.00725. The van der Waals surface area contributed by atoms with Crippen molar-refractivity contribution >= 4 is 23.9 Å². The number of ketones is 1. The number of nitrogens with one attached hydrogen (secondary N) is 1. The van der Waals surface area contributed by atoms with Crippen LogP contribution in [-0.2, 0) is 25.4 Å². The molecule has 1 aliphatic carbocycles. The highest BCUT2D eigenvalue weighted by atomic mass is 16.6. The van der Waals surface area contributed by atoms with Crippen LogP contribution >= 0.6 is 0 Å². The number of methoxy groups -OCH3 is 1. The normalized spacial score (nSPS) is 17.4. The number of hydrogen-bond acceptors (Lipinski definition) is 8. The van der Waals surface area contributed by atoms with Gasteiger partial charge in [0.15, 0.2) is 0 Å². The summed E-state index contributed by atoms with van der Waals surface area (Å²) < 4.78 is 20.6. The van der Waals surface area contributed by atoms with E-state index in [4.69, 9.17) is 18.9 Å². The molecule has 1 atom stereocenters. The number of esters is 1. The van der Waals surface area contributed by atoms with Crippen LogP contribution in [0, 0.1) is 0 Å². The molecule has 0 saturated carbocycles. The number of hydrazine groups is 1. The maximum absolute atomic E-state index is 13.6. The van der Waals surface area contributed by atoms with E-state index in [1.54, 1.807) is 46.8 Å². The predicted octanol–water partition coefficient (Wildman–Crippen LogP) is 2.63. The van der Waals surface area contributed by atoms with Crippen molar-refractivity contribution in [3.05, 3.63) is 29.3 Å². The summed E-state index contributed by atoms with van der Waals surface area (Å²) >= 11 is 0. The summed E-state index contributed by atoms with van der Waals surface area (Å²) in [5, 5.41) is 0.567. The van der Waals surface area contributed by atoms with E-state index < -0.39 is 35.1 Å². The number of hydrogen-bond donors (Lipinski definition) is 1. The number of Topliss-reactive ketones (excluding diaryl/α,β-unsaturated/α-hetero) is 1. The minimum Gasteiger partial charge on any atom is -0.497 e. The van der Waals surface area contributed by atoms with E-state index >= 15 is 0 Å². The number of fused-ring (bicyclic) bond motifs is 1. The van der Waals surface area contributed by atoms with Crippen molar-refractivity contribution in [2.24, 2.45) is 0 Å². The largest absolute Gasteiger partial charge is 0.497 e. The zero-order chi connectivity index (χ0) is 23.4. The van der Waals surface area contributed by atoms with Gasteiger partial charge in [-0.1, -0.05) is 6.07 Å². The van der Waals surface area contributed by atoms with Crippen molar-refractivity contribution in [1.82, 2.24) is 10.4 Å². The van der Waals surface area contributed by atoms with Crippen LogP contribution in [0.4, 0.5) is 9.59 Å². The monoisotopic (exact) mass is 436 g/mol. The summed E-state index contributed by atoms with van der Waals surface area (Å²) in [6.07, 6.45) is -2.36. The van der Waals surface area contributed by atoms with Gasteiger partial charge in [-0.15, -0.1) is 0 Å². The quantitative estimate of drug-likeness (QED) is 0.324. The Bertz CT molecular complexity index is 877. The maximum Gasteiger partial charge on any atom is 0.430 e. The van der Waals surface area contributed by atoms with Crippen molar-refractivity contribution in [3.63, 3.8) is 0 Å². The Balaban J connectivity index is 2.65. The van der Waals surface area contributed by atoms with E-state index in [0.717, 1.165) is 0 Å². The first kappa shape index (κ1) is 24.0. The Morgan fingerprint density at radius 2 is 1.77 bits per heavy atom. The molecule has 10 nitrogen and oxygen atoms in total. The Morgan fingerprint density at radius 1 is 1.13 bits per heavy atom. The number of benzene rings is 1. The molecule has 31 heavy (non-hydrogen) atoms. The van der Waals surface area contributed by atoms with Crippen molar-refractivity contribution in [3.8, 4) is 5.75 Å². The van der Waals surface area contributed by atoms with Crippen LogP contribution in [0.5, 0.6) is 5.75 Å². The SMILES string of the molecule is CCOC(=O)NN(C(=O)OCC)[C@]1(C(=O)OC(C)(C)C)Cc2ccc(OC)cc2C1=O. The van der Waals surface area contributed by atoms with Crippen molar-refractivity contribution in [1.29, 1.82) is 0 Å². The molecule has 0 radical (unpaired) electrons. The Labute approximate surface area is 180 Å². The number of carbonyl (C=O) groups excluding carboxylic acids is 4. The van der Waals surface area contributed by atoms with Gasteiger partial charge < -0.3 is 18.9 Å². The molecular weight excluding hydrogens is 408 g/mol. The van der Waals surface area contributed by atoms with Crippen LogP contribution in [0.25, 0.3) is 0 Å². The number of carbonyl (C=O) groups is 4. The fourth-order valence-corrected chi connectivity index (χ4v) is 3.17. The van der Waals surface area contributed by atoms with Crippen molar-refractivity contribution < 1.29 is 38.1 Å². The van der Waals surface area contributed by atoms with Crippen molar-refractivity contribution in [2.45, 2.75) is 52.2 Å². The standard InChI is InChI=1S/C21H28N2O8/c1-7-29-18(26)22-23(19(27)30-8-2)21(17(25)31-20(3,4)5)12-13-9-10-14(28-6)11-15(13)16(21)24/h9-11H,7-8,12H2,1-6H3,(H,22,26)/t21-/m1/s1. The first-order valence-electron chi connectivity index (χ1n) is 9.85. The molecule has 0 heterocycles. The molecule has 2 rings (SSSR count). The lowest BCUT2D eigenvalue weighted by molar-refractivity contribution is -0.166. The van der Waals surface area contributed by atoms with Crippen LogP contribution in [-0.4, -0.2) is 60.4 Å². The number of ether oxygens (including phenoxy) is 4. The van der Waals surface area contributed by atoms with Crippen LogP contribution in [0.2, 0.25) is 0 Å². The van der Waals surface area contributed by atoms with Gasteiger partial charge in [-0.05, 0) is 52.3 Å². The minimum atomic E-state index is -2.22. The van der Waals surface area contributed by atoms with Gasteiger partial charge in [0.25, 0.3) is 0 Å². The molecule has 1 aromatic carbocycles. The van der Waals surface area contributed by atoms with E-state index in [9.17, 15) is 19.2 Å². The van der Waals surface area contributed by atoms with Crippen LogP contribution in [0.15, 0.2) is 18.2 Å². The first-order chi connectivity index (χ1) is 14.5. The summed E-state index contributed by atoms with van der Waals surface area (Å²) in [5.74, 6) is -1.35. The molecule has 0 aliphatic heterocycles. The molecule has 2 amide bonds. The van der Waals surface area contributed by atoms with Gasteiger partial charge in [0, 0.05) is 12.0 Å². The molecule has 1 N–H and O–H groups in total. The Morgan fingerprint density at radius 3 is 2.32 bits per heavy atom. The fourth-order valence-electron chi connectivity index (χ4n) is 3.17. The zero-order valence-corrected chi connectivity index (χ0v) is 18.6. The summed E-state index contributed by atoms with van der Waals surface area (Å²) in [6.45, 7) is 7.95. The summed E-state index contributed by atoms with van der Waals surface area (Å²) in [6, 6.07) is 4.72. The summed E-state index contributed by atoms with van der Waals surface area (Å²) in [5.41, 5.74) is -0.347. The topological polar surface area (TPSA) is 120 Å². The van der Waals surface area contributed by atoms with Gasteiger partial charge >= 0.3 is 18.2 Å². The third kappa shape index (κ3) is 4.89. The third-order valence-electron chi connectivity index (χ3n) is 4.43. The second-order valence-electron chi connectivity index (χ2n) is 7.76. The maximum atomic E-state index is 13.6. The second kappa shape index (κ2) is 9.23. The average Bonchev–Trinajstić information content (AvgIpc) is 2.98. The molecule has 0 aromatic heterocycles. The first-order valence-corrected chi connectivity index (χ1v) is 9.85. The lowest BCUT2D eigenvalue weighted by atomic mass is 9.93. The number of amides is 2. The highest BCUT2D eigenvalue weighted by Crippen LogP contribution is 2.38. The smallest absolute Gasteiger partial charge is 0.430 e. The van der Waals surface area contributed by atoms with E-state index in [0.29, 0.717) is 16.3 Å². The fraction of sp³-hybridized carbons (Fsp3) is 0.524. The molecule has 0 bridgehead atoms. The molecule has 0 spiro atoms. The van der Waals surface area contributed by atoms with Crippen LogP contribution in [0.1, 0.15) is 50.5 Å². The predicted molar refractivity (Wildman–Crippen MR) is 109 cm³/mol. The van der Waals surface area contributed by atoms with E-state index in [2.05, 4.69) is 5.43 Å². The zero-order valence-electron chi connectivity index (χ0n) is 18.6. The van der Waals surface area contributed by atoms with E-state index in [-0.39, 0.29) is 25.2 Å². The molecule has 10 heteroatoms. The summed E-state index contributed by atoms with van der Waals surface area (Å²) in [4.78, 5) is 52.0. The Hall–Kier alpha value is -3.30. The lowest BCUT2D eigenvalue weighted by Gasteiger charge is -2.37. The lowest BCUT2D eigenvalue weighted by Crippen LogP contribution is -2.68. The van der Waals surface area contributed by atoms with E-state index in [1.165, 1.54) is 13.2 Å². The third-order valence-corrected chi connectivity index (χ3v) is 4.43. The van der Waals surface area contributed by atoms with Crippen molar-refractivity contribution in [2.75, 3.05) is 20.3 Å². The molecule has 0 fully saturated rings. The highest BCUT2D eigenvalue weighted by Gasteiger charge is 2.61. The molecule has 1 aromatic rings. The van der Waals surface area contributed by atoms with Gasteiger partial charge in [0.2, 0.25) is 11.3 Å². The van der Waals surface area contributed by atoms with Crippen LogP contribution < -0.4 is 10.2 Å². The van der Waals surface area contributed by atoms with Crippen LogP contribution in [0.3, 0.4) is 0 Å². The summed E-state index contributed by atoms with van der Waals surface area (Å²) in [7, 11) is 1.44. The molecule has 0 saturated heterocycles. The average molecular weight is 436 g/mol.